The molecule has 2 aliphatic carbocycles. The van der Waals surface area contributed by atoms with Gasteiger partial charge in [0, 0.05) is 5.56 Å². The molecule has 2 aromatic rings. The molecule has 2 fully saturated rings. The molecule has 0 amide bonds. The van der Waals surface area contributed by atoms with E-state index in [-0.39, 0.29) is 17.8 Å². The first-order chi connectivity index (χ1) is 17.9. The number of allylic oxidation sites excluding steroid dienone is 1. The standard InChI is InChI=1S/C33H42F4/c1-3-5-7-26-18-20-28(32(36)30(26)34)25-15-10-23(11-16-25)12-17-27-19-21-29(33(37)31(27)35)24-13-8-22(6-4-2)9-14-24/h12,17-25H,3-11,13-16H2,1-2H3. The van der Waals surface area contributed by atoms with Crippen LogP contribution >= 0.6 is 0 Å². The lowest BCUT2D eigenvalue weighted by Gasteiger charge is -2.29. The lowest BCUT2D eigenvalue weighted by Crippen LogP contribution is -2.15. The topological polar surface area (TPSA) is 0 Å². The summed E-state index contributed by atoms with van der Waals surface area (Å²) in [5.41, 5.74) is 1.76. The van der Waals surface area contributed by atoms with E-state index in [4.69, 9.17) is 0 Å². The summed E-state index contributed by atoms with van der Waals surface area (Å²) in [6.45, 7) is 4.24. The zero-order chi connectivity index (χ0) is 26.4. The van der Waals surface area contributed by atoms with Crippen molar-refractivity contribution in [2.75, 3.05) is 0 Å². The third kappa shape index (κ3) is 6.67. The van der Waals surface area contributed by atoms with Gasteiger partial charge in [-0.1, -0.05) is 69.5 Å². The fourth-order valence-corrected chi connectivity index (χ4v) is 6.54. The summed E-state index contributed by atoms with van der Waals surface area (Å²) in [5, 5.41) is 0. The van der Waals surface area contributed by atoms with Crippen LogP contribution in [-0.4, -0.2) is 0 Å². The molecule has 0 N–H and O–H groups in total. The Morgan fingerprint density at radius 1 is 0.676 bits per heavy atom. The maximum atomic E-state index is 15.0. The Morgan fingerprint density at radius 2 is 1.27 bits per heavy atom. The summed E-state index contributed by atoms with van der Waals surface area (Å²) >= 11 is 0. The molecule has 0 atom stereocenters. The number of hydrogen-bond acceptors (Lipinski definition) is 0. The van der Waals surface area contributed by atoms with Crippen molar-refractivity contribution in [2.24, 2.45) is 11.8 Å². The SMILES string of the molecule is CCCCc1ccc(C2CCC(C=Cc3ccc(C4CCC(CCC)CC4)c(F)c3F)CC2)c(F)c1F. The van der Waals surface area contributed by atoms with Gasteiger partial charge in [-0.05, 0) is 105 Å². The van der Waals surface area contributed by atoms with Gasteiger partial charge in [0.1, 0.15) is 0 Å². The molecule has 0 spiro atoms. The monoisotopic (exact) mass is 514 g/mol. The van der Waals surface area contributed by atoms with Crippen molar-refractivity contribution in [1.82, 2.24) is 0 Å². The Hall–Kier alpha value is -2.10. The summed E-state index contributed by atoms with van der Waals surface area (Å²) in [5.74, 6) is -1.76. The minimum absolute atomic E-state index is 0.000237. The number of unbranched alkanes of at least 4 members (excludes halogenated alkanes) is 1. The van der Waals surface area contributed by atoms with Crippen molar-refractivity contribution in [3.8, 4) is 0 Å². The Morgan fingerprint density at radius 3 is 1.89 bits per heavy atom. The van der Waals surface area contributed by atoms with E-state index in [1.54, 1.807) is 30.3 Å². The summed E-state index contributed by atoms with van der Waals surface area (Å²) in [4.78, 5) is 0. The fraction of sp³-hybridized carbons (Fsp3) is 0.576. The second-order valence-corrected chi connectivity index (χ2v) is 11.4. The van der Waals surface area contributed by atoms with Crippen LogP contribution in [0.3, 0.4) is 0 Å². The Labute approximate surface area is 220 Å². The van der Waals surface area contributed by atoms with Crippen LogP contribution in [0.1, 0.15) is 125 Å². The predicted octanol–water partition coefficient (Wildman–Crippen LogP) is 10.6. The van der Waals surface area contributed by atoms with Gasteiger partial charge in [0.15, 0.2) is 23.3 Å². The first kappa shape index (κ1) is 27.9. The smallest absolute Gasteiger partial charge is 0.166 e. The average molecular weight is 515 g/mol. The van der Waals surface area contributed by atoms with Crippen LogP contribution in [0, 0.1) is 35.1 Å². The zero-order valence-electron chi connectivity index (χ0n) is 22.5. The molecule has 0 unspecified atom stereocenters. The molecule has 0 aromatic heterocycles. The lowest BCUT2D eigenvalue weighted by molar-refractivity contribution is 0.303. The minimum atomic E-state index is -0.751. The Bertz CT molecular complexity index is 1060. The molecule has 37 heavy (non-hydrogen) atoms. The molecule has 4 heteroatoms. The van der Waals surface area contributed by atoms with Crippen LogP contribution in [-0.2, 0) is 6.42 Å². The third-order valence-corrected chi connectivity index (χ3v) is 8.88. The number of benzene rings is 2. The maximum Gasteiger partial charge on any atom is 0.166 e. The molecule has 0 aliphatic heterocycles. The molecule has 202 valence electrons. The van der Waals surface area contributed by atoms with Gasteiger partial charge >= 0.3 is 0 Å². The number of hydrogen-bond donors (Lipinski definition) is 0. The van der Waals surface area contributed by atoms with Crippen LogP contribution in [0.5, 0.6) is 0 Å². The van der Waals surface area contributed by atoms with E-state index in [0.717, 1.165) is 70.1 Å². The maximum absolute atomic E-state index is 15.0. The van der Waals surface area contributed by atoms with E-state index < -0.39 is 23.3 Å². The second kappa shape index (κ2) is 13.1. The quantitative estimate of drug-likeness (QED) is 0.292. The van der Waals surface area contributed by atoms with Crippen molar-refractivity contribution in [3.63, 3.8) is 0 Å². The van der Waals surface area contributed by atoms with Crippen LogP contribution in [0.4, 0.5) is 17.6 Å². The number of rotatable bonds is 9. The number of aryl methyl sites for hydroxylation is 1. The normalized spacial score (nSPS) is 24.6. The van der Waals surface area contributed by atoms with Gasteiger partial charge in [-0.2, -0.15) is 0 Å². The van der Waals surface area contributed by atoms with Crippen molar-refractivity contribution in [2.45, 2.75) is 109 Å². The molecular formula is C33H42F4. The molecule has 0 nitrogen and oxygen atoms in total. The van der Waals surface area contributed by atoms with E-state index >= 15 is 0 Å². The first-order valence-corrected chi connectivity index (χ1v) is 14.6. The van der Waals surface area contributed by atoms with Crippen molar-refractivity contribution in [1.29, 1.82) is 0 Å². The van der Waals surface area contributed by atoms with E-state index in [1.165, 1.54) is 12.8 Å². The largest absolute Gasteiger partial charge is 0.203 e. The highest BCUT2D eigenvalue weighted by atomic mass is 19.2. The van der Waals surface area contributed by atoms with Gasteiger partial charge in [0.25, 0.3) is 0 Å². The number of halogens is 4. The highest BCUT2D eigenvalue weighted by Gasteiger charge is 2.27. The molecule has 0 bridgehead atoms. The summed E-state index contributed by atoms with van der Waals surface area (Å²) in [7, 11) is 0. The van der Waals surface area contributed by atoms with Gasteiger partial charge < -0.3 is 0 Å². The van der Waals surface area contributed by atoms with Crippen LogP contribution in [0.25, 0.3) is 6.08 Å². The van der Waals surface area contributed by atoms with Crippen molar-refractivity contribution in [3.05, 3.63) is 75.9 Å². The summed E-state index contributed by atoms with van der Waals surface area (Å²) < 4.78 is 59.2. The molecule has 4 rings (SSSR count). The molecule has 0 radical (unpaired) electrons. The summed E-state index contributed by atoms with van der Waals surface area (Å²) in [6, 6.07) is 7.00. The molecular weight excluding hydrogens is 472 g/mol. The average Bonchev–Trinajstić information content (AvgIpc) is 2.92. The van der Waals surface area contributed by atoms with Crippen LogP contribution in [0.2, 0.25) is 0 Å². The fourth-order valence-electron chi connectivity index (χ4n) is 6.54. The lowest BCUT2D eigenvalue weighted by atomic mass is 9.77. The van der Waals surface area contributed by atoms with Gasteiger partial charge in [-0.15, -0.1) is 0 Å². The van der Waals surface area contributed by atoms with E-state index in [2.05, 4.69) is 6.92 Å². The Balaban J connectivity index is 1.34. The van der Waals surface area contributed by atoms with Crippen LogP contribution in [0.15, 0.2) is 30.3 Å². The minimum Gasteiger partial charge on any atom is -0.203 e. The van der Waals surface area contributed by atoms with Gasteiger partial charge in [-0.25, -0.2) is 17.6 Å². The molecule has 0 heterocycles. The predicted molar refractivity (Wildman–Crippen MR) is 145 cm³/mol. The van der Waals surface area contributed by atoms with Gasteiger partial charge in [-0.3, -0.25) is 0 Å². The van der Waals surface area contributed by atoms with Gasteiger partial charge in [0.2, 0.25) is 0 Å². The van der Waals surface area contributed by atoms with E-state index in [1.807, 2.05) is 13.0 Å². The van der Waals surface area contributed by atoms with E-state index in [9.17, 15) is 17.6 Å². The molecule has 2 aromatic carbocycles. The molecule has 2 aliphatic rings. The molecule has 2 saturated carbocycles. The Kier molecular flexibility index (Phi) is 9.90. The first-order valence-electron chi connectivity index (χ1n) is 14.6. The third-order valence-electron chi connectivity index (χ3n) is 8.88. The second-order valence-electron chi connectivity index (χ2n) is 11.4. The zero-order valence-corrected chi connectivity index (χ0v) is 22.5. The van der Waals surface area contributed by atoms with E-state index in [0.29, 0.717) is 28.7 Å². The highest BCUT2D eigenvalue weighted by molar-refractivity contribution is 5.52. The van der Waals surface area contributed by atoms with Gasteiger partial charge in [0.05, 0.1) is 0 Å². The van der Waals surface area contributed by atoms with Crippen molar-refractivity contribution >= 4 is 6.08 Å². The highest BCUT2D eigenvalue weighted by Crippen LogP contribution is 2.40. The van der Waals surface area contributed by atoms with Crippen LogP contribution < -0.4 is 0 Å². The van der Waals surface area contributed by atoms with Crippen molar-refractivity contribution < 1.29 is 17.6 Å². The molecule has 0 saturated heterocycles. The summed E-state index contributed by atoms with van der Waals surface area (Å²) in [6.07, 6.45) is 15.7.